The number of rotatable bonds is 6. The van der Waals surface area contributed by atoms with Crippen molar-refractivity contribution in [2.75, 3.05) is 19.0 Å². The van der Waals surface area contributed by atoms with Crippen LogP contribution in [0.2, 0.25) is 0 Å². The number of thiocarbonyl (C=S) groups is 1. The molecule has 0 fully saturated rings. The van der Waals surface area contributed by atoms with Gasteiger partial charge in [-0.2, -0.15) is 5.10 Å². The summed E-state index contributed by atoms with van der Waals surface area (Å²) in [6.07, 6.45) is 1.38. The minimum Gasteiger partial charge on any atom is -0.497 e. The van der Waals surface area contributed by atoms with Crippen LogP contribution in [0.4, 0.5) is 5.82 Å². The SMILES string of the molecule is CCOC(=O)c1cnn(-c2ccc(OC)cc2)c1NC(=S)NC(=O)c1ccccc1. The van der Waals surface area contributed by atoms with E-state index >= 15 is 0 Å². The molecule has 1 aromatic heterocycles. The number of esters is 1. The largest absolute Gasteiger partial charge is 0.497 e. The second kappa shape index (κ2) is 9.66. The molecule has 1 amide bonds. The third-order valence-electron chi connectivity index (χ3n) is 4.08. The second-order valence-electron chi connectivity index (χ2n) is 6.01. The molecule has 0 spiro atoms. The lowest BCUT2D eigenvalue weighted by molar-refractivity contribution is 0.0527. The Hall–Kier alpha value is -3.72. The van der Waals surface area contributed by atoms with Crippen molar-refractivity contribution in [1.82, 2.24) is 15.1 Å². The van der Waals surface area contributed by atoms with Gasteiger partial charge in [-0.05, 0) is 55.5 Å². The van der Waals surface area contributed by atoms with Gasteiger partial charge in [0.1, 0.15) is 11.3 Å². The summed E-state index contributed by atoms with van der Waals surface area (Å²) in [5.41, 5.74) is 1.30. The van der Waals surface area contributed by atoms with E-state index in [1.54, 1.807) is 62.6 Å². The summed E-state index contributed by atoms with van der Waals surface area (Å²) < 4.78 is 11.8. The Morgan fingerprint density at radius 1 is 1.10 bits per heavy atom. The highest BCUT2D eigenvalue weighted by molar-refractivity contribution is 7.80. The molecule has 0 unspecified atom stereocenters. The fourth-order valence-electron chi connectivity index (χ4n) is 2.65. The summed E-state index contributed by atoms with van der Waals surface area (Å²) in [6, 6.07) is 15.7. The summed E-state index contributed by atoms with van der Waals surface area (Å²) in [5.74, 6) is 0.0203. The molecule has 0 aliphatic rings. The van der Waals surface area contributed by atoms with E-state index in [2.05, 4.69) is 15.7 Å². The number of nitrogens with zero attached hydrogens (tertiary/aromatic N) is 2. The number of methoxy groups -OCH3 is 1. The molecule has 3 aromatic rings. The molecule has 0 aliphatic carbocycles. The van der Waals surface area contributed by atoms with Crippen molar-refractivity contribution in [2.24, 2.45) is 0 Å². The van der Waals surface area contributed by atoms with Gasteiger partial charge in [0.15, 0.2) is 10.9 Å². The molecule has 0 atom stereocenters. The third-order valence-corrected chi connectivity index (χ3v) is 4.28. The van der Waals surface area contributed by atoms with Gasteiger partial charge >= 0.3 is 5.97 Å². The normalized spacial score (nSPS) is 10.2. The Kier molecular flexibility index (Phi) is 6.76. The highest BCUT2D eigenvalue weighted by atomic mass is 32.1. The van der Waals surface area contributed by atoms with E-state index in [9.17, 15) is 9.59 Å². The highest BCUT2D eigenvalue weighted by Crippen LogP contribution is 2.23. The average Bonchev–Trinajstić information content (AvgIpc) is 3.18. The zero-order valence-corrected chi connectivity index (χ0v) is 17.2. The van der Waals surface area contributed by atoms with Crippen molar-refractivity contribution >= 4 is 35.0 Å². The smallest absolute Gasteiger partial charge is 0.343 e. The second-order valence-corrected chi connectivity index (χ2v) is 6.42. The molecule has 2 N–H and O–H groups in total. The number of carbonyl (C=O) groups excluding carboxylic acids is 2. The van der Waals surface area contributed by atoms with Gasteiger partial charge in [0.2, 0.25) is 0 Å². The van der Waals surface area contributed by atoms with E-state index in [-0.39, 0.29) is 29.0 Å². The predicted octanol–water partition coefficient (Wildman–Crippen LogP) is 3.18. The molecule has 30 heavy (non-hydrogen) atoms. The number of nitrogens with one attached hydrogen (secondary N) is 2. The number of anilines is 1. The number of amides is 1. The zero-order valence-electron chi connectivity index (χ0n) is 16.4. The van der Waals surface area contributed by atoms with Crippen LogP contribution >= 0.6 is 12.2 Å². The van der Waals surface area contributed by atoms with E-state index in [0.29, 0.717) is 17.0 Å². The van der Waals surface area contributed by atoms with Crippen LogP contribution in [0.25, 0.3) is 5.69 Å². The molecular weight excluding hydrogens is 404 g/mol. The summed E-state index contributed by atoms with van der Waals surface area (Å²) in [7, 11) is 1.57. The number of ether oxygens (including phenoxy) is 2. The van der Waals surface area contributed by atoms with Crippen molar-refractivity contribution in [1.29, 1.82) is 0 Å². The standard InChI is InChI=1S/C21H20N4O4S/c1-3-29-20(27)17-13-22-25(15-9-11-16(28-2)12-10-15)18(17)23-21(30)24-19(26)14-7-5-4-6-8-14/h4-13H,3H2,1-2H3,(H2,23,24,26,30). The van der Waals surface area contributed by atoms with Crippen LogP contribution < -0.4 is 15.4 Å². The Balaban J connectivity index is 1.88. The minimum atomic E-state index is -0.558. The summed E-state index contributed by atoms with van der Waals surface area (Å²) >= 11 is 5.28. The lowest BCUT2D eigenvalue weighted by atomic mass is 10.2. The van der Waals surface area contributed by atoms with Crippen LogP contribution in [0.5, 0.6) is 5.75 Å². The first-order valence-corrected chi connectivity index (χ1v) is 9.51. The first kappa shape index (κ1) is 21.0. The first-order valence-electron chi connectivity index (χ1n) is 9.10. The van der Waals surface area contributed by atoms with E-state index in [0.717, 1.165) is 0 Å². The van der Waals surface area contributed by atoms with Crippen LogP contribution in [0, 0.1) is 0 Å². The van der Waals surface area contributed by atoms with Crippen molar-refractivity contribution in [3.63, 3.8) is 0 Å². The minimum absolute atomic E-state index is 0.0182. The maximum Gasteiger partial charge on any atom is 0.343 e. The Labute approximate surface area is 178 Å². The Bertz CT molecular complexity index is 1050. The van der Waals surface area contributed by atoms with E-state index in [4.69, 9.17) is 21.7 Å². The average molecular weight is 424 g/mol. The van der Waals surface area contributed by atoms with Gasteiger partial charge < -0.3 is 14.8 Å². The first-order chi connectivity index (χ1) is 14.5. The van der Waals surface area contributed by atoms with Crippen LogP contribution in [-0.4, -0.2) is 40.5 Å². The van der Waals surface area contributed by atoms with E-state index < -0.39 is 5.97 Å². The topological polar surface area (TPSA) is 94.5 Å². The quantitative estimate of drug-likeness (QED) is 0.464. The molecular formula is C21H20N4O4S. The molecule has 9 heteroatoms. The van der Waals surface area contributed by atoms with Gasteiger partial charge in [0.05, 0.1) is 25.6 Å². The van der Waals surface area contributed by atoms with Gasteiger partial charge in [0.25, 0.3) is 5.91 Å². The lowest BCUT2D eigenvalue weighted by Gasteiger charge is -2.13. The fraction of sp³-hybridized carbons (Fsp3) is 0.143. The molecule has 8 nitrogen and oxygen atoms in total. The summed E-state index contributed by atoms with van der Waals surface area (Å²) in [6.45, 7) is 1.92. The number of aromatic nitrogens is 2. The summed E-state index contributed by atoms with van der Waals surface area (Å²) in [5, 5.41) is 9.79. The van der Waals surface area contributed by atoms with Gasteiger partial charge in [0, 0.05) is 5.56 Å². The number of benzene rings is 2. The van der Waals surface area contributed by atoms with Crippen LogP contribution in [0.1, 0.15) is 27.6 Å². The predicted molar refractivity (Wildman–Crippen MR) is 116 cm³/mol. The lowest BCUT2D eigenvalue weighted by Crippen LogP contribution is -2.35. The van der Waals surface area contributed by atoms with Gasteiger partial charge in [-0.3, -0.25) is 10.1 Å². The molecule has 3 rings (SSSR count). The summed E-state index contributed by atoms with van der Waals surface area (Å²) in [4.78, 5) is 24.7. The van der Waals surface area contributed by atoms with Crippen molar-refractivity contribution in [3.8, 4) is 11.4 Å². The van der Waals surface area contributed by atoms with E-state index in [1.807, 2.05) is 6.07 Å². The molecule has 1 heterocycles. The van der Waals surface area contributed by atoms with Crippen molar-refractivity contribution in [3.05, 3.63) is 71.9 Å². The number of hydrogen-bond acceptors (Lipinski definition) is 6. The Morgan fingerprint density at radius 3 is 2.43 bits per heavy atom. The molecule has 2 aromatic carbocycles. The highest BCUT2D eigenvalue weighted by Gasteiger charge is 2.21. The molecule has 0 bridgehead atoms. The third kappa shape index (κ3) is 4.81. The molecule has 154 valence electrons. The number of carbonyl (C=O) groups is 2. The zero-order chi connectivity index (χ0) is 21.5. The van der Waals surface area contributed by atoms with Gasteiger partial charge in [-0.1, -0.05) is 18.2 Å². The maximum absolute atomic E-state index is 12.4. The fourth-order valence-corrected chi connectivity index (χ4v) is 2.84. The van der Waals surface area contributed by atoms with Gasteiger partial charge in [-0.25, -0.2) is 9.48 Å². The molecule has 0 saturated carbocycles. The monoisotopic (exact) mass is 424 g/mol. The van der Waals surface area contributed by atoms with Crippen LogP contribution in [-0.2, 0) is 4.74 Å². The molecule has 0 saturated heterocycles. The van der Waals surface area contributed by atoms with Crippen LogP contribution in [0.15, 0.2) is 60.8 Å². The van der Waals surface area contributed by atoms with E-state index in [1.165, 1.54) is 10.9 Å². The van der Waals surface area contributed by atoms with Gasteiger partial charge in [-0.15, -0.1) is 0 Å². The van der Waals surface area contributed by atoms with Crippen LogP contribution in [0.3, 0.4) is 0 Å². The van der Waals surface area contributed by atoms with Crippen molar-refractivity contribution < 1.29 is 19.1 Å². The molecule has 0 aliphatic heterocycles. The Morgan fingerprint density at radius 2 is 1.80 bits per heavy atom. The van der Waals surface area contributed by atoms with Crippen molar-refractivity contribution in [2.45, 2.75) is 6.92 Å². The maximum atomic E-state index is 12.4. The molecule has 0 radical (unpaired) electrons. The number of hydrogen-bond donors (Lipinski definition) is 2.